The molecule has 0 spiro atoms. The number of benzene rings is 3. The van der Waals surface area contributed by atoms with E-state index >= 15 is 0 Å². The second-order valence-electron chi connectivity index (χ2n) is 5.95. The van der Waals surface area contributed by atoms with Gasteiger partial charge in [0.25, 0.3) is 5.56 Å². The van der Waals surface area contributed by atoms with E-state index in [2.05, 4.69) is 9.97 Å². The van der Waals surface area contributed by atoms with E-state index in [4.69, 9.17) is 16.3 Å². The Morgan fingerprint density at radius 2 is 1.81 bits per heavy atom. The lowest BCUT2D eigenvalue weighted by Crippen LogP contribution is -2.10. The van der Waals surface area contributed by atoms with Crippen molar-refractivity contribution in [1.82, 2.24) is 9.97 Å². The fraction of sp³-hybridized carbons (Fsp3) is 0.0476. The molecule has 6 heteroatoms. The fourth-order valence-electron chi connectivity index (χ4n) is 2.80. The van der Waals surface area contributed by atoms with E-state index in [9.17, 15) is 9.18 Å². The van der Waals surface area contributed by atoms with Gasteiger partial charge in [0.1, 0.15) is 24.0 Å². The molecular formula is C21H14ClFN2O2. The number of hydrogen-bond acceptors (Lipinski definition) is 3. The summed E-state index contributed by atoms with van der Waals surface area (Å²) < 4.78 is 19.1. The molecule has 0 amide bonds. The lowest BCUT2D eigenvalue weighted by Gasteiger charge is -2.12. The average Bonchev–Trinajstić information content (AvgIpc) is 2.67. The molecule has 134 valence electrons. The molecule has 27 heavy (non-hydrogen) atoms. The quantitative estimate of drug-likeness (QED) is 0.544. The molecule has 0 fully saturated rings. The van der Waals surface area contributed by atoms with Crippen molar-refractivity contribution in [3.8, 4) is 17.1 Å². The number of halogens is 2. The molecular weight excluding hydrogens is 367 g/mol. The van der Waals surface area contributed by atoms with E-state index in [0.29, 0.717) is 38.6 Å². The summed E-state index contributed by atoms with van der Waals surface area (Å²) in [6.07, 6.45) is 0. The van der Waals surface area contributed by atoms with Crippen LogP contribution in [0.2, 0.25) is 5.02 Å². The Morgan fingerprint density at radius 1 is 1.04 bits per heavy atom. The Labute approximate surface area is 159 Å². The first-order chi connectivity index (χ1) is 13.1. The van der Waals surface area contributed by atoms with Gasteiger partial charge < -0.3 is 9.72 Å². The van der Waals surface area contributed by atoms with Crippen LogP contribution in [-0.4, -0.2) is 9.97 Å². The van der Waals surface area contributed by atoms with Crippen LogP contribution in [0, 0.1) is 5.82 Å². The van der Waals surface area contributed by atoms with E-state index in [1.807, 2.05) is 24.3 Å². The molecule has 4 rings (SSSR count). The summed E-state index contributed by atoms with van der Waals surface area (Å²) in [6, 6.07) is 18.5. The minimum Gasteiger partial charge on any atom is -0.488 e. The first kappa shape index (κ1) is 17.2. The van der Waals surface area contributed by atoms with Crippen LogP contribution in [0.5, 0.6) is 5.75 Å². The number of aromatic amines is 1. The zero-order valence-corrected chi connectivity index (χ0v) is 14.8. The van der Waals surface area contributed by atoms with Crippen LogP contribution in [0.25, 0.3) is 22.3 Å². The van der Waals surface area contributed by atoms with Gasteiger partial charge in [0, 0.05) is 5.56 Å². The van der Waals surface area contributed by atoms with Crippen molar-refractivity contribution in [2.45, 2.75) is 6.61 Å². The summed E-state index contributed by atoms with van der Waals surface area (Å²) in [5, 5.41) is 0.822. The molecule has 3 aromatic carbocycles. The van der Waals surface area contributed by atoms with E-state index in [-0.39, 0.29) is 12.2 Å². The third-order valence-electron chi connectivity index (χ3n) is 4.15. The molecule has 0 aliphatic heterocycles. The summed E-state index contributed by atoms with van der Waals surface area (Å²) in [7, 11) is 0. The Balaban J connectivity index is 1.70. The van der Waals surface area contributed by atoms with Gasteiger partial charge >= 0.3 is 0 Å². The number of H-pyrrole nitrogens is 1. The minimum atomic E-state index is -0.401. The highest BCUT2D eigenvalue weighted by molar-refractivity contribution is 6.31. The van der Waals surface area contributed by atoms with Gasteiger partial charge in [-0.2, -0.15) is 0 Å². The first-order valence-electron chi connectivity index (χ1n) is 8.27. The first-order valence-corrected chi connectivity index (χ1v) is 8.65. The maximum atomic E-state index is 13.2. The van der Waals surface area contributed by atoms with Crippen molar-refractivity contribution < 1.29 is 9.13 Å². The SMILES string of the molecule is O=c1[nH]c(-c2ccccc2OCc2ccc(F)cc2Cl)nc2ccccc12. The third-order valence-corrected chi connectivity index (χ3v) is 4.51. The van der Waals surface area contributed by atoms with Crippen molar-refractivity contribution in [1.29, 1.82) is 0 Å². The Hall–Kier alpha value is -3.18. The number of para-hydroxylation sites is 2. The van der Waals surface area contributed by atoms with Gasteiger partial charge in [-0.15, -0.1) is 0 Å². The van der Waals surface area contributed by atoms with Gasteiger partial charge in [-0.3, -0.25) is 4.79 Å². The Morgan fingerprint density at radius 3 is 2.67 bits per heavy atom. The molecule has 1 heterocycles. The normalized spacial score (nSPS) is 10.9. The Bertz CT molecular complexity index is 1190. The van der Waals surface area contributed by atoms with Gasteiger partial charge in [0.15, 0.2) is 0 Å². The van der Waals surface area contributed by atoms with Crippen LogP contribution in [0.15, 0.2) is 71.5 Å². The minimum absolute atomic E-state index is 0.161. The smallest absolute Gasteiger partial charge is 0.259 e. The molecule has 4 aromatic rings. The third kappa shape index (κ3) is 3.55. The van der Waals surface area contributed by atoms with Crippen molar-refractivity contribution >= 4 is 22.5 Å². The van der Waals surface area contributed by atoms with Gasteiger partial charge in [-0.05, 0) is 36.4 Å². The fourth-order valence-corrected chi connectivity index (χ4v) is 3.02. The predicted octanol–water partition coefficient (Wildman–Crippen LogP) is 4.96. The monoisotopic (exact) mass is 380 g/mol. The molecule has 1 N–H and O–H groups in total. The maximum absolute atomic E-state index is 13.2. The van der Waals surface area contributed by atoms with Crippen LogP contribution >= 0.6 is 11.6 Å². The van der Waals surface area contributed by atoms with Gasteiger partial charge in [-0.1, -0.05) is 41.9 Å². The number of nitrogens with zero attached hydrogens (tertiary/aromatic N) is 1. The predicted molar refractivity (Wildman–Crippen MR) is 104 cm³/mol. The lowest BCUT2D eigenvalue weighted by molar-refractivity contribution is 0.307. The summed E-state index contributed by atoms with van der Waals surface area (Å²) in [5.41, 5.74) is 1.70. The molecule has 0 saturated carbocycles. The highest BCUT2D eigenvalue weighted by Gasteiger charge is 2.11. The standard InChI is InChI=1S/C21H14ClFN2O2/c22-17-11-14(23)10-9-13(17)12-27-19-8-4-2-6-16(19)20-24-18-7-3-1-5-15(18)21(26)25-20/h1-11H,12H2,(H,24,25,26). The molecule has 0 aliphatic rings. The largest absolute Gasteiger partial charge is 0.488 e. The molecule has 0 saturated heterocycles. The number of ether oxygens (including phenoxy) is 1. The van der Waals surface area contributed by atoms with Crippen LogP contribution in [-0.2, 0) is 6.61 Å². The van der Waals surface area contributed by atoms with Crippen LogP contribution in [0.4, 0.5) is 4.39 Å². The van der Waals surface area contributed by atoms with Gasteiger partial charge in [0.05, 0.1) is 21.5 Å². The van der Waals surface area contributed by atoms with Crippen molar-refractivity contribution in [3.05, 3.63) is 93.5 Å². The van der Waals surface area contributed by atoms with Crippen molar-refractivity contribution in [3.63, 3.8) is 0 Å². The van der Waals surface area contributed by atoms with Crippen molar-refractivity contribution in [2.75, 3.05) is 0 Å². The number of aromatic nitrogens is 2. The lowest BCUT2D eigenvalue weighted by atomic mass is 10.1. The highest BCUT2D eigenvalue weighted by atomic mass is 35.5. The van der Waals surface area contributed by atoms with E-state index in [1.165, 1.54) is 12.1 Å². The molecule has 0 aliphatic carbocycles. The van der Waals surface area contributed by atoms with Crippen molar-refractivity contribution in [2.24, 2.45) is 0 Å². The number of nitrogens with one attached hydrogen (secondary N) is 1. The van der Waals surface area contributed by atoms with Crippen LogP contribution in [0.3, 0.4) is 0 Å². The van der Waals surface area contributed by atoms with Crippen LogP contribution < -0.4 is 10.3 Å². The summed E-state index contributed by atoms with van der Waals surface area (Å²) in [4.78, 5) is 19.7. The number of fused-ring (bicyclic) bond motifs is 1. The van der Waals surface area contributed by atoms with Gasteiger partial charge in [-0.25, -0.2) is 9.37 Å². The highest BCUT2D eigenvalue weighted by Crippen LogP contribution is 2.29. The Kier molecular flexibility index (Phi) is 4.60. The number of rotatable bonds is 4. The zero-order valence-electron chi connectivity index (χ0n) is 14.1. The van der Waals surface area contributed by atoms with Crippen LogP contribution in [0.1, 0.15) is 5.56 Å². The molecule has 0 bridgehead atoms. The molecule has 1 aromatic heterocycles. The summed E-state index contributed by atoms with van der Waals surface area (Å²) in [5.74, 6) is 0.554. The second kappa shape index (κ2) is 7.21. The van der Waals surface area contributed by atoms with Gasteiger partial charge in [0.2, 0.25) is 0 Å². The molecule has 0 unspecified atom stereocenters. The van der Waals surface area contributed by atoms with E-state index in [1.54, 1.807) is 30.3 Å². The molecule has 0 atom stereocenters. The average molecular weight is 381 g/mol. The summed E-state index contributed by atoms with van der Waals surface area (Å²) >= 11 is 6.06. The number of hydrogen-bond donors (Lipinski definition) is 1. The zero-order chi connectivity index (χ0) is 18.8. The van der Waals surface area contributed by atoms with E-state index < -0.39 is 5.82 Å². The second-order valence-corrected chi connectivity index (χ2v) is 6.36. The summed E-state index contributed by atoms with van der Waals surface area (Å²) in [6.45, 7) is 0.161. The van der Waals surface area contributed by atoms with E-state index in [0.717, 1.165) is 0 Å². The molecule has 4 nitrogen and oxygen atoms in total. The molecule has 0 radical (unpaired) electrons. The maximum Gasteiger partial charge on any atom is 0.259 e. The topological polar surface area (TPSA) is 55.0 Å².